The molecule has 1 heterocycles. The number of nitrogens with one attached hydrogen (secondary N) is 2. The van der Waals surface area contributed by atoms with E-state index in [1.54, 1.807) is 0 Å². The summed E-state index contributed by atoms with van der Waals surface area (Å²) in [4.78, 5) is 15.5. The maximum Gasteiger partial charge on any atom is 0.433 e. The van der Waals surface area contributed by atoms with Gasteiger partial charge >= 0.3 is 6.18 Å². The zero-order chi connectivity index (χ0) is 23.6. The van der Waals surface area contributed by atoms with Gasteiger partial charge < -0.3 is 5.32 Å². The molecule has 12 heteroatoms. The maximum absolute atomic E-state index is 14.3. The Morgan fingerprint density at radius 3 is 2.48 bits per heavy atom. The number of hydrogen-bond donors (Lipinski definition) is 2. The average Bonchev–Trinajstić information content (AvgIpc) is 2.65. The maximum atomic E-state index is 14.3. The second-order valence-electron chi connectivity index (χ2n) is 6.21. The summed E-state index contributed by atoms with van der Waals surface area (Å²) in [5.41, 5.74) is -1.91. The van der Waals surface area contributed by atoms with Crippen LogP contribution >= 0.6 is 11.6 Å². The summed E-state index contributed by atoms with van der Waals surface area (Å²) >= 11 is 5.74. The van der Waals surface area contributed by atoms with Crippen LogP contribution in [0.3, 0.4) is 0 Å². The van der Waals surface area contributed by atoms with Gasteiger partial charge in [-0.2, -0.15) is 13.2 Å². The largest absolute Gasteiger partial charge is 0.433 e. The van der Waals surface area contributed by atoms with Crippen LogP contribution in [0.15, 0.2) is 30.8 Å². The molecule has 164 valence electrons. The highest BCUT2D eigenvalue weighted by Crippen LogP contribution is 2.31. The number of benzene rings is 1. The molecule has 0 aliphatic carbocycles. The van der Waals surface area contributed by atoms with Gasteiger partial charge in [0.2, 0.25) is 10.0 Å². The Hall–Kier alpha value is -3.10. The van der Waals surface area contributed by atoms with Crippen LogP contribution in [0, 0.1) is 18.2 Å². The molecule has 2 N–H and O–H groups in total. The Bertz CT molecular complexity index is 1210. The predicted molar refractivity (Wildman–Crippen MR) is 108 cm³/mol. The smallest absolute Gasteiger partial charge is 0.348 e. The van der Waals surface area contributed by atoms with Gasteiger partial charge in [-0.1, -0.05) is 24.1 Å². The van der Waals surface area contributed by atoms with Crippen molar-refractivity contribution in [1.82, 2.24) is 10.3 Å². The van der Waals surface area contributed by atoms with Crippen LogP contribution in [0.2, 0.25) is 5.15 Å². The molecule has 0 atom stereocenters. The summed E-state index contributed by atoms with van der Waals surface area (Å²) in [6.07, 6.45) is 1.41. The number of hydrogen-bond acceptors (Lipinski definition) is 4. The quantitative estimate of drug-likeness (QED) is 0.289. The second kappa shape index (κ2) is 8.95. The summed E-state index contributed by atoms with van der Waals surface area (Å²) in [7, 11) is -3.78. The number of pyridine rings is 1. The average molecular weight is 476 g/mol. The number of halogens is 5. The Kier molecular flexibility index (Phi) is 6.98. The van der Waals surface area contributed by atoms with Gasteiger partial charge in [0.1, 0.15) is 16.7 Å². The molecule has 31 heavy (non-hydrogen) atoms. The van der Waals surface area contributed by atoms with Gasteiger partial charge in [-0.3, -0.25) is 9.52 Å². The van der Waals surface area contributed by atoms with Gasteiger partial charge in [-0.15, -0.1) is 6.42 Å². The van der Waals surface area contributed by atoms with Crippen LogP contribution in [0.25, 0.3) is 5.57 Å². The molecule has 0 aliphatic rings. The van der Waals surface area contributed by atoms with E-state index in [1.165, 1.54) is 6.07 Å². The lowest BCUT2D eigenvalue weighted by molar-refractivity contribution is -0.141. The molecular weight excluding hydrogens is 462 g/mol. The van der Waals surface area contributed by atoms with Crippen molar-refractivity contribution in [2.45, 2.75) is 12.7 Å². The minimum absolute atomic E-state index is 0.0940. The third-order valence-electron chi connectivity index (χ3n) is 3.78. The summed E-state index contributed by atoms with van der Waals surface area (Å²) in [6.45, 7) is 3.25. The lowest BCUT2D eigenvalue weighted by Crippen LogP contribution is -2.24. The van der Waals surface area contributed by atoms with Gasteiger partial charge in [0.15, 0.2) is 0 Å². The van der Waals surface area contributed by atoms with Crippen LogP contribution < -0.4 is 10.0 Å². The van der Waals surface area contributed by atoms with Crippen LogP contribution in [-0.2, 0) is 27.5 Å². The van der Waals surface area contributed by atoms with E-state index in [0.29, 0.717) is 6.07 Å². The minimum Gasteiger partial charge on any atom is -0.348 e. The highest BCUT2D eigenvalue weighted by Gasteiger charge is 2.33. The van der Waals surface area contributed by atoms with Gasteiger partial charge in [0, 0.05) is 17.7 Å². The van der Waals surface area contributed by atoms with Crippen molar-refractivity contribution in [3.63, 3.8) is 0 Å². The van der Waals surface area contributed by atoms with Crippen LogP contribution in [0.1, 0.15) is 22.4 Å². The van der Waals surface area contributed by atoms with Crippen LogP contribution in [0.4, 0.5) is 23.2 Å². The summed E-state index contributed by atoms with van der Waals surface area (Å²) in [5.74, 6) is 0.385. The molecule has 1 amide bonds. The highest BCUT2D eigenvalue weighted by molar-refractivity contribution is 7.92. The van der Waals surface area contributed by atoms with E-state index in [-0.39, 0.29) is 28.8 Å². The first-order chi connectivity index (χ1) is 14.2. The Morgan fingerprint density at radius 2 is 1.97 bits per heavy atom. The predicted octanol–water partition coefficient (Wildman–Crippen LogP) is 3.58. The van der Waals surface area contributed by atoms with Gasteiger partial charge in [0.25, 0.3) is 5.91 Å². The Balaban J connectivity index is 2.18. The van der Waals surface area contributed by atoms with E-state index in [1.807, 2.05) is 4.72 Å². The number of carbonyl (C=O) groups is 1. The summed E-state index contributed by atoms with van der Waals surface area (Å²) < 4.78 is 77.0. The molecule has 2 rings (SSSR count). The van der Waals surface area contributed by atoms with Crippen molar-refractivity contribution in [3.8, 4) is 12.3 Å². The normalized spacial score (nSPS) is 11.5. The number of terminal acetylenes is 1. The molecule has 0 bridgehead atoms. The third-order valence-corrected chi connectivity index (χ3v) is 4.65. The lowest BCUT2D eigenvalue weighted by atomic mass is 10.1. The van der Waals surface area contributed by atoms with Gasteiger partial charge in [-0.25, -0.2) is 17.8 Å². The van der Waals surface area contributed by atoms with E-state index < -0.39 is 44.5 Å². The Labute approximate surface area is 180 Å². The molecule has 6 nitrogen and oxygen atoms in total. The van der Waals surface area contributed by atoms with E-state index in [0.717, 1.165) is 18.4 Å². The molecule has 0 unspecified atom stereocenters. The Morgan fingerprint density at radius 1 is 1.32 bits per heavy atom. The zero-order valence-electron chi connectivity index (χ0n) is 15.8. The number of alkyl halides is 3. The third kappa shape index (κ3) is 6.19. The topological polar surface area (TPSA) is 88.2 Å². The molecule has 0 saturated carbocycles. The molecule has 1 aromatic carbocycles. The number of anilines is 1. The number of carbonyl (C=O) groups excluding carboxylic acids is 1. The van der Waals surface area contributed by atoms with E-state index in [9.17, 15) is 30.8 Å². The summed E-state index contributed by atoms with van der Waals surface area (Å²) in [6, 6.07) is 3.86. The molecule has 0 radical (unpaired) electrons. The second-order valence-corrected chi connectivity index (χ2v) is 8.32. The number of rotatable bonds is 6. The molecule has 2 aromatic rings. The van der Waals surface area contributed by atoms with Gasteiger partial charge in [0.05, 0.1) is 17.5 Å². The van der Waals surface area contributed by atoms with Crippen molar-refractivity contribution in [1.29, 1.82) is 0 Å². The SMILES string of the molecule is C#Cc1cc(CNC(=O)C(=C)c2ccc(C(F)(F)F)nc2Cl)cc(F)c1NS(C)(=O)=O. The number of nitrogens with zero attached hydrogens (tertiary/aromatic N) is 1. The van der Waals surface area contributed by atoms with Crippen LogP contribution in [-0.4, -0.2) is 25.6 Å². The van der Waals surface area contributed by atoms with E-state index >= 15 is 0 Å². The first kappa shape index (κ1) is 24.2. The first-order valence-electron chi connectivity index (χ1n) is 8.21. The fraction of sp³-hybridized carbons (Fsp3) is 0.158. The first-order valence-corrected chi connectivity index (χ1v) is 10.5. The van der Waals surface area contributed by atoms with Crippen molar-refractivity contribution < 1.29 is 30.8 Å². The lowest BCUT2D eigenvalue weighted by Gasteiger charge is -2.13. The van der Waals surface area contributed by atoms with Crippen LogP contribution in [0.5, 0.6) is 0 Å². The van der Waals surface area contributed by atoms with E-state index in [2.05, 4.69) is 22.8 Å². The molecule has 0 spiro atoms. The van der Waals surface area contributed by atoms with Crippen molar-refractivity contribution in [2.75, 3.05) is 11.0 Å². The zero-order valence-corrected chi connectivity index (χ0v) is 17.3. The fourth-order valence-corrected chi connectivity index (χ4v) is 3.24. The van der Waals surface area contributed by atoms with Crippen molar-refractivity contribution >= 4 is 38.8 Å². The van der Waals surface area contributed by atoms with Gasteiger partial charge in [-0.05, 0) is 29.8 Å². The standard InChI is InChI=1S/C19H14ClF4N3O3S/c1-4-12-7-11(8-14(21)16(12)27-31(3,29)30)9-25-18(28)10(2)13-5-6-15(19(22,23)24)26-17(13)20/h1,5-8,27H,2,9H2,3H3,(H,25,28). The van der Waals surface area contributed by atoms with E-state index in [4.69, 9.17) is 18.0 Å². The van der Waals surface area contributed by atoms with Crippen molar-refractivity contribution in [2.24, 2.45) is 0 Å². The molecular formula is C19H14ClF4N3O3S. The number of amides is 1. The molecule has 0 aliphatic heterocycles. The summed E-state index contributed by atoms with van der Waals surface area (Å²) in [5, 5.41) is 1.83. The number of sulfonamides is 1. The molecule has 1 aromatic heterocycles. The van der Waals surface area contributed by atoms with Crippen molar-refractivity contribution in [3.05, 3.63) is 64.2 Å². The minimum atomic E-state index is -4.71. The number of aromatic nitrogens is 1. The monoisotopic (exact) mass is 475 g/mol. The fourth-order valence-electron chi connectivity index (χ4n) is 2.40. The highest BCUT2D eigenvalue weighted by atomic mass is 35.5. The molecule has 0 fully saturated rings. The molecule has 0 saturated heterocycles.